The number of nitrogens with one attached hydrogen (secondary N) is 1. The fraction of sp³-hybridized carbons (Fsp3) is 0.333. The van der Waals surface area contributed by atoms with Crippen molar-refractivity contribution in [2.24, 2.45) is 5.73 Å². The second-order valence-electron chi connectivity index (χ2n) is 6.41. The lowest BCUT2D eigenvalue weighted by atomic mass is 10.0. The van der Waals surface area contributed by atoms with Crippen LogP contribution in [0.4, 0.5) is 4.79 Å². The standard InChI is InChI=1S/C21H26ClN3O4/c1-4-25(13-14-5-10-18(28-2)19(11-14)29-3)20(26)12-17(24-21(23)27)15-6-8-16(22)9-7-15/h5-11,17H,4,12-13H2,1-3H3,(H3,23,24,27)/t17-/m0/s1. The van der Waals surface area contributed by atoms with Crippen LogP contribution in [0.3, 0.4) is 0 Å². The van der Waals surface area contributed by atoms with Gasteiger partial charge in [0.15, 0.2) is 11.5 Å². The molecule has 2 aromatic carbocycles. The van der Waals surface area contributed by atoms with Crippen molar-refractivity contribution < 1.29 is 19.1 Å². The number of carbonyl (C=O) groups is 2. The molecule has 0 aliphatic rings. The van der Waals surface area contributed by atoms with Gasteiger partial charge in [-0.15, -0.1) is 0 Å². The van der Waals surface area contributed by atoms with Gasteiger partial charge in [-0.3, -0.25) is 4.79 Å². The van der Waals surface area contributed by atoms with Gasteiger partial charge in [-0.2, -0.15) is 0 Å². The smallest absolute Gasteiger partial charge is 0.312 e. The SMILES string of the molecule is CCN(Cc1ccc(OC)c(OC)c1)C(=O)C[C@H](NC(N)=O)c1ccc(Cl)cc1. The molecule has 0 fully saturated rings. The summed E-state index contributed by atoms with van der Waals surface area (Å²) in [6.07, 6.45) is 0.0751. The van der Waals surface area contributed by atoms with Crippen LogP contribution in [-0.4, -0.2) is 37.6 Å². The molecule has 0 saturated heterocycles. The number of methoxy groups -OCH3 is 2. The fourth-order valence-corrected chi connectivity index (χ4v) is 3.12. The summed E-state index contributed by atoms with van der Waals surface area (Å²) in [4.78, 5) is 26.1. The molecule has 0 bridgehead atoms. The van der Waals surface area contributed by atoms with Crippen LogP contribution in [0, 0.1) is 0 Å². The minimum Gasteiger partial charge on any atom is -0.493 e. The Morgan fingerprint density at radius 2 is 1.76 bits per heavy atom. The average Bonchev–Trinajstić information content (AvgIpc) is 2.71. The first kappa shape index (κ1) is 22.4. The normalized spacial score (nSPS) is 11.4. The summed E-state index contributed by atoms with van der Waals surface area (Å²) in [6, 6.07) is 11.2. The Labute approximate surface area is 175 Å². The number of nitrogens with zero attached hydrogens (tertiary/aromatic N) is 1. The number of halogens is 1. The van der Waals surface area contributed by atoms with Crippen molar-refractivity contribution >= 4 is 23.5 Å². The highest BCUT2D eigenvalue weighted by atomic mass is 35.5. The van der Waals surface area contributed by atoms with Crippen LogP contribution in [0.25, 0.3) is 0 Å². The van der Waals surface area contributed by atoms with Gasteiger partial charge in [0.25, 0.3) is 0 Å². The Morgan fingerprint density at radius 1 is 1.10 bits per heavy atom. The minimum atomic E-state index is -0.694. The quantitative estimate of drug-likeness (QED) is 0.650. The van der Waals surface area contributed by atoms with Crippen LogP contribution < -0.4 is 20.5 Å². The maximum atomic E-state index is 12.9. The average molecular weight is 420 g/mol. The van der Waals surface area contributed by atoms with Crippen LogP contribution in [0.15, 0.2) is 42.5 Å². The van der Waals surface area contributed by atoms with Crippen molar-refractivity contribution in [2.75, 3.05) is 20.8 Å². The molecule has 29 heavy (non-hydrogen) atoms. The molecule has 0 aliphatic heterocycles. The summed E-state index contributed by atoms with van der Waals surface area (Å²) in [6.45, 7) is 2.81. The number of urea groups is 1. The van der Waals surface area contributed by atoms with Gasteiger partial charge in [0, 0.05) is 18.1 Å². The number of benzene rings is 2. The van der Waals surface area contributed by atoms with Gasteiger partial charge in [0.2, 0.25) is 5.91 Å². The lowest BCUT2D eigenvalue weighted by molar-refractivity contribution is -0.132. The third kappa shape index (κ3) is 6.29. The van der Waals surface area contributed by atoms with E-state index < -0.39 is 12.1 Å². The van der Waals surface area contributed by atoms with E-state index in [-0.39, 0.29) is 12.3 Å². The van der Waals surface area contributed by atoms with E-state index in [1.54, 1.807) is 49.5 Å². The number of rotatable bonds is 9. The highest BCUT2D eigenvalue weighted by Crippen LogP contribution is 2.28. The third-order valence-corrected chi connectivity index (χ3v) is 4.78. The van der Waals surface area contributed by atoms with Crippen molar-refractivity contribution in [3.63, 3.8) is 0 Å². The molecular formula is C21H26ClN3O4. The molecule has 2 aromatic rings. The molecule has 1 atom stereocenters. The summed E-state index contributed by atoms with van der Waals surface area (Å²) >= 11 is 5.93. The first-order valence-electron chi connectivity index (χ1n) is 9.18. The Bertz CT molecular complexity index is 842. The van der Waals surface area contributed by atoms with E-state index in [0.29, 0.717) is 29.6 Å². The van der Waals surface area contributed by atoms with Crippen molar-refractivity contribution in [1.29, 1.82) is 0 Å². The van der Waals surface area contributed by atoms with Crippen molar-refractivity contribution in [1.82, 2.24) is 10.2 Å². The molecule has 0 heterocycles. The Balaban J connectivity index is 2.15. The molecule has 0 radical (unpaired) electrons. The first-order valence-corrected chi connectivity index (χ1v) is 9.55. The third-order valence-electron chi connectivity index (χ3n) is 4.52. The van der Waals surface area contributed by atoms with Gasteiger partial charge < -0.3 is 25.4 Å². The van der Waals surface area contributed by atoms with Crippen LogP contribution in [-0.2, 0) is 11.3 Å². The molecule has 7 nitrogen and oxygen atoms in total. The summed E-state index contributed by atoms with van der Waals surface area (Å²) < 4.78 is 10.6. The summed E-state index contributed by atoms with van der Waals surface area (Å²) in [7, 11) is 3.14. The summed E-state index contributed by atoms with van der Waals surface area (Å²) in [5.41, 5.74) is 6.96. The molecule has 0 aliphatic carbocycles. The monoisotopic (exact) mass is 419 g/mol. The van der Waals surface area contributed by atoms with E-state index in [2.05, 4.69) is 5.32 Å². The van der Waals surface area contributed by atoms with Crippen molar-refractivity contribution in [2.45, 2.75) is 25.9 Å². The van der Waals surface area contributed by atoms with Gasteiger partial charge in [-0.25, -0.2) is 4.79 Å². The van der Waals surface area contributed by atoms with Gasteiger partial charge in [0.05, 0.1) is 26.7 Å². The van der Waals surface area contributed by atoms with Crippen molar-refractivity contribution in [3.8, 4) is 11.5 Å². The van der Waals surface area contributed by atoms with Crippen molar-refractivity contribution in [3.05, 3.63) is 58.6 Å². The number of carbonyl (C=O) groups excluding carboxylic acids is 2. The molecule has 0 saturated carbocycles. The number of hydrogen-bond acceptors (Lipinski definition) is 4. The summed E-state index contributed by atoms with van der Waals surface area (Å²) in [5.74, 6) is 1.11. The van der Waals surface area contributed by atoms with E-state index in [4.69, 9.17) is 26.8 Å². The van der Waals surface area contributed by atoms with E-state index in [9.17, 15) is 9.59 Å². The van der Waals surface area contributed by atoms with Gasteiger partial charge >= 0.3 is 6.03 Å². The molecule has 156 valence electrons. The molecule has 3 N–H and O–H groups in total. The van der Waals surface area contributed by atoms with E-state index in [1.165, 1.54) is 0 Å². The highest BCUT2D eigenvalue weighted by molar-refractivity contribution is 6.30. The van der Waals surface area contributed by atoms with Gasteiger partial charge in [0.1, 0.15) is 0 Å². The van der Waals surface area contributed by atoms with E-state index in [1.807, 2.05) is 19.1 Å². The Kier molecular flexibility index (Phi) is 8.15. The largest absolute Gasteiger partial charge is 0.493 e. The lowest BCUT2D eigenvalue weighted by Crippen LogP contribution is -2.38. The van der Waals surface area contributed by atoms with Gasteiger partial charge in [-0.1, -0.05) is 29.8 Å². The van der Waals surface area contributed by atoms with Gasteiger partial charge in [-0.05, 0) is 42.3 Å². The second kappa shape index (κ2) is 10.6. The molecule has 8 heteroatoms. The predicted octanol–water partition coefficient (Wildman–Crippen LogP) is 3.51. The number of ether oxygens (including phenoxy) is 2. The van der Waals surface area contributed by atoms with Crippen LogP contribution in [0.5, 0.6) is 11.5 Å². The maximum Gasteiger partial charge on any atom is 0.312 e. The Hall–Kier alpha value is -2.93. The number of primary amides is 1. The predicted molar refractivity (Wildman–Crippen MR) is 112 cm³/mol. The molecule has 0 unspecified atom stereocenters. The maximum absolute atomic E-state index is 12.9. The second-order valence-corrected chi connectivity index (χ2v) is 6.85. The number of hydrogen-bond donors (Lipinski definition) is 2. The minimum absolute atomic E-state index is 0.0751. The highest BCUT2D eigenvalue weighted by Gasteiger charge is 2.21. The van der Waals surface area contributed by atoms with Crippen LogP contribution >= 0.6 is 11.6 Å². The zero-order chi connectivity index (χ0) is 21.4. The molecule has 0 aromatic heterocycles. The zero-order valence-corrected chi connectivity index (χ0v) is 17.5. The summed E-state index contributed by atoms with van der Waals surface area (Å²) in [5, 5.41) is 3.21. The van der Waals surface area contributed by atoms with E-state index in [0.717, 1.165) is 11.1 Å². The van der Waals surface area contributed by atoms with Crippen LogP contribution in [0.2, 0.25) is 5.02 Å². The topological polar surface area (TPSA) is 93.9 Å². The first-order chi connectivity index (χ1) is 13.9. The van der Waals surface area contributed by atoms with E-state index >= 15 is 0 Å². The lowest BCUT2D eigenvalue weighted by Gasteiger charge is -2.25. The fourth-order valence-electron chi connectivity index (χ4n) is 3.00. The molecule has 2 rings (SSSR count). The number of amides is 3. The zero-order valence-electron chi connectivity index (χ0n) is 16.8. The molecule has 3 amide bonds. The molecule has 0 spiro atoms. The van der Waals surface area contributed by atoms with Crippen LogP contribution in [0.1, 0.15) is 30.5 Å². The number of nitrogens with two attached hydrogens (primary N) is 1. The Morgan fingerprint density at radius 3 is 2.31 bits per heavy atom. The molecular weight excluding hydrogens is 394 g/mol.